The van der Waals surface area contributed by atoms with Gasteiger partial charge in [0, 0.05) is 39.6 Å². The molecule has 3 amide bonds. The molecule has 114 valence electrons. The first kappa shape index (κ1) is 15.3. The van der Waals surface area contributed by atoms with Crippen LogP contribution in [0.2, 0.25) is 0 Å². The van der Waals surface area contributed by atoms with Gasteiger partial charge in [0.15, 0.2) is 0 Å². The number of rotatable bonds is 4. The van der Waals surface area contributed by atoms with Crippen molar-refractivity contribution in [2.45, 2.75) is 44.9 Å². The van der Waals surface area contributed by atoms with Crippen LogP contribution in [0.5, 0.6) is 0 Å². The number of piperazine rings is 1. The number of carbonyl (C=O) groups is 2. The summed E-state index contributed by atoms with van der Waals surface area (Å²) in [5, 5.41) is 3.21. The monoisotopic (exact) mass is 281 g/mol. The van der Waals surface area contributed by atoms with Gasteiger partial charge in [0.25, 0.3) is 0 Å². The Balaban J connectivity index is 1.68. The molecule has 0 bridgehead atoms. The highest BCUT2D eigenvalue weighted by Crippen LogP contribution is 2.28. The van der Waals surface area contributed by atoms with Crippen LogP contribution in [0.25, 0.3) is 0 Å². The van der Waals surface area contributed by atoms with Gasteiger partial charge in [0.05, 0.1) is 0 Å². The van der Waals surface area contributed by atoms with E-state index < -0.39 is 0 Å². The maximum Gasteiger partial charge on any atom is 0.326 e. The first-order chi connectivity index (χ1) is 9.68. The van der Waals surface area contributed by atoms with Gasteiger partial charge in [-0.3, -0.25) is 9.69 Å². The van der Waals surface area contributed by atoms with Gasteiger partial charge in [-0.25, -0.2) is 4.79 Å². The van der Waals surface area contributed by atoms with Crippen molar-refractivity contribution in [2.75, 3.05) is 33.2 Å². The molecule has 2 fully saturated rings. The molecule has 1 aliphatic carbocycles. The second-order valence-corrected chi connectivity index (χ2v) is 6.02. The molecule has 0 radical (unpaired) electrons. The number of urea groups is 1. The third-order valence-electron chi connectivity index (χ3n) is 4.53. The van der Waals surface area contributed by atoms with Gasteiger partial charge in [-0.05, 0) is 18.8 Å². The standard InChI is InChI=1S/C15H27N3O2/c1-17(15(20)18-11-9-16-10-12-18)14(19)8-4-7-13-5-2-3-6-13/h13,16H,2-12H2,1H3. The molecule has 0 atom stereocenters. The molecule has 0 aromatic carbocycles. The zero-order chi connectivity index (χ0) is 14.4. The van der Waals surface area contributed by atoms with Crippen LogP contribution in [0.3, 0.4) is 0 Å². The number of hydrogen-bond acceptors (Lipinski definition) is 3. The van der Waals surface area contributed by atoms with Crippen LogP contribution >= 0.6 is 0 Å². The number of hydrogen-bond donors (Lipinski definition) is 1. The Morgan fingerprint density at radius 3 is 2.50 bits per heavy atom. The van der Waals surface area contributed by atoms with Crippen LogP contribution in [0.4, 0.5) is 4.79 Å². The minimum absolute atomic E-state index is 0.0356. The van der Waals surface area contributed by atoms with E-state index in [0.717, 1.165) is 31.8 Å². The lowest BCUT2D eigenvalue weighted by Gasteiger charge is -2.30. The summed E-state index contributed by atoms with van der Waals surface area (Å²) >= 11 is 0. The van der Waals surface area contributed by atoms with E-state index in [-0.39, 0.29) is 11.9 Å². The predicted octanol–water partition coefficient (Wildman–Crippen LogP) is 1.83. The fourth-order valence-electron chi connectivity index (χ4n) is 3.18. The quantitative estimate of drug-likeness (QED) is 0.855. The number of amides is 3. The van der Waals surface area contributed by atoms with Crippen LogP contribution in [0.15, 0.2) is 0 Å². The Labute approximate surface area is 121 Å². The normalized spacial score (nSPS) is 20.1. The summed E-state index contributed by atoms with van der Waals surface area (Å²) in [6, 6.07) is -0.141. The van der Waals surface area contributed by atoms with Gasteiger partial charge in [-0.15, -0.1) is 0 Å². The van der Waals surface area contributed by atoms with E-state index in [1.807, 2.05) is 0 Å². The third-order valence-corrected chi connectivity index (χ3v) is 4.53. The molecule has 0 aromatic heterocycles. The molecule has 2 aliphatic rings. The van der Waals surface area contributed by atoms with Crippen LogP contribution in [-0.2, 0) is 4.79 Å². The van der Waals surface area contributed by atoms with E-state index in [4.69, 9.17) is 0 Å². The summed E-state index contributed by atoms with van der Waals surface area (Å²) in [6.45, 7) is 3.02. The van der Waals surface area contributed by atoms with E-state index >= 15 is 0 Å². The Morgan fingerprint density at radius 1 is 1.20 bits per heavy atom. The van der Waals surface area contributed by atoms with Crippen LogP contribution in [-0.4, -0.2) is 55.0 Å². The minimum atomic E-state index is -0.141. The Morgan fingerprint density at radius 2 is 1.85 bits per heavy atom. The van der Waals surface area contributed by atoms with Crippen molar-refractivity contribution in [3.8, 4) is 0 Å². The lowest BCUT2D eigenvalue weighted by Crippen LogP contribution is -2.51. The molecule has 1 saturated heterocycles. The summed E-state index contributed by atoms with van der Waals surface area (Å²) in [4.78, 5) is 27.3. The highest BCUT2D eigenvalue weighted by Gasteiger charge is 2.24. The second-order valence-electron chi connectivity index (χ2n) is 6.02. The molecule has 0 spiro atoms. The molecule has 5 nitrogen and oxygen atoms in total. The van der Waals surface area contributed by atoms with Crippen molar-refractivity contribution in [1.82, 2.24) is 15.1 Å². The van der Waals surface area contributed by atoms with Gasteiger partial charge in [0.1, 0.15) is 0 Å². The summed E-state index contributed by atoms with van der Waals surface area (Å²) in [5.41, 5.74) is 0. The molecule has 1 N–H and O–H groups in total. The smallest absolute Gasteiger partial charge is 0.322 e. The minimum Gasteiger partial charge on any atom is -0.322 e. The van der Waals surface area contributed by atoms with Crippen molar-refractivity contribution in [1.29, 1.82) is 0 Å². The first-order valence-corrected chi connectivity index (χ1v) is 7.94. The predicted molar refractivity (Wildman–Crippen MR) is 78.4 cm³/mol. The number of imide groups is 1. The molecule has 1 saturated carbocycles. The van der Waals surface area contributed by atoms with E-state index in [1.54, 1.807) is 11.9 Å². The molecular formula is C15H27N3O2. The van der Waals surface area contributed by atoms with Crippen molar-refractivity contribution >= 4 is 11.9 Å². The van der Waals surface area contributed by atoms with Crippen molar-refractivity contribution in [3.05, 3.63) is 0 Å². The average molecular weight is 281 g/mol. The van der Waals surface area contributed by atoms with Gasteiger partial charge < -0.3 is 10.2 Å². The van der Waals surface area contributed by atoms with Gasteiger partial charge >= 0.3 is 6.03 Å². The highest BCUT2D eigenvalue weighted by molar-refractivity contribution is 5.94. The van der Waals surface area contributed by atoms with Gasteiger partial charge in [0.2, 0.25) is 5.91 Å². The zero-order valence-electron chi connectivity index (χ0n) is 12.6. The maximum atomic E-state index is 12.2. The molecule has 5 heteroatoms. The fourth-order valence-corrected chi connectivity index (χ4v) is 3.18. The fraction of sp³-hybridized carbons (Fsp3) is 0.867. The molecule has 0 unspecified atom stereocenters. The van der Waals surface area contributed by atoms with Crippen LogP contribution in [0.1, 0.15) is 44.9 Å². The molecular weight excluding hydrogens is 254 g/mol. The van der Waals surface area contributed by atoms with Crippen LogP contribution in [0, 0.1) is 5.92 Å². The second kappa shape index (κ2) is 7.62. The number of nitrogens with zero attached hydrogens (tertiary/aromatic N) is 2. The van der Waals surface area contributed by atoms with Crippen molar-refractivity contribution < 1.29 is 9.59 Å². The van der Waals surface area contributed by atoms with E-state index in [0.29, 0.717) is 19.5 Å². The zero-order valence-corrected chi connectivity index (χ0v) is 12.6. The van der Waals surface area contributed by atoms with Gasteiger partial charge in [-0.1, -0.05) is 25.7 Å². The lowest BCUT2D eigenvalue weighted by molar-refractivity contribution is -0.127. The Bertz CT molecular complexity index is 334. The Hall–Kier alpha value is -1.10. The third kappa shape index (κ3) is 4.20. The first-order valence-electron chi connectivity index (χ1n) is 7.94. The SMILES string of the molecule is CN(C(=O)CCCC1CCCC1)C(=O)N1CCNCC1. The molecule has 2 rings (SSSR count). The Kier molecular flexibility index (Phi) is 5.83. The topological polar surface area (TPSA) is 52.7 Å². The summed E-state index contributed by atoms with van der Waals surface area (Å²) < 4.78 is 0. The summed E-state index contributed by atoms with van der Waals surface area (Å²) in [7, 11) is 1.61. The molecule has 0 aromatic rings. The van der Waals surface area contributed by atoms with E-state index in [2.05, 4.69) is 5.32 Å². The largest absolute Gasteiger partial charge is 0.326 e. The summed E-state index contributed by atoms with van der Waals surface area (Å²) in [6.07, 6.45) is 7.91. The molecule has 1 aliphatic heterocycles. The maximum absolute atomic E-state index is 12.2. The average Bonchev–Trinajstić information content (AvgIpc) is 2.99. The highest BCUT2D eigenvalue weighted by atomic mass is 16.2. The molecule has 20 heavy (non-hydrogen) atoms. The van der Waals surface area contributed by atoms with Crippen molar-refractivity contribution in [3.63, 3.8) is 0 Å². The summed E-state index contributed by atoms with van der Waals surface area (Å²) in [5.74, 6) is 0.781. The lowest BCUT2D eigenvalue weighted by atomic mass is 10.0. The number of carbonyl (C=O) groups excluding carboxylic acids is 2. The van der Waals surface area contributed by atoms with E-state index in [9.17, 15) is 9.59 Å². The van der Waals surface area contributed by atoms with Gasteiger partial charge in [-0.2, -0.15) is 0 Å². The number of nitrogens with one attached hydrogen (secondary N) is 1. The molecule has 1 heterocycles. The van der Waals surface area contributed by atoms with Crippen LogP contribution < -0.4 is 5.32 Å². The van der Waals surface area contributed by atoms with Crippen molar-refractivity contribution in [2.24, 2.45) is 5.92 Å². The van der Waals surface area contributed by atoms with E-state index in [1.165, 1.54) is 30.6 Å².